The highest BCUT2D eigenvalue weighted by molar-refractivity contribution is 5.80. The van der Waals surface area contributed by atoms with E-state index in [2.05, 4.69) is 15.2 Å². The number of carbonyl (C=O) groups is 2. The Morgan fingerprint density at radius 3 is 2.71 bits per heavy atom. The molecule has 1 saturated heterocycles. The number of methoxy groups -OCH3 is 1. The predicted molar refractivity (Wildman–Crippen MR) is 128 cm³/mol. The first-order valence-corrected chi connectivity index (χ1v) is 11.2. The second-order valence-electron chi connectivity index (χ2n) is 8.24. The van der Waals surface area contributed by atoms with Gasteiger partial charge in [0, 0.05) is 18.8 Å². The van der Waals surface area contributed by atoms with Gasteiger partial charge in [-0.25, -0.2) is 4.98 Å². The lowest BCUT2D eigenvalue weighted by Gasteiger charge is -2.31. The lowest BCUT2D eigenvalue weighted by Crippen LogP contribution is -2.37. The topological polar surface area (TPSA) is 103 Å². The van der Waals surface area contributed by atoms with Gasteiger partial charge >= 0.3 is 5.97 Å². The van der Waals surface area contributed by atoms with Crippen LogP contribution >= 0.6 is 0 Å². The molecule has 4 rings (SSSR count). The van der Waals surface area contributed by atoms with Crippen LogP contribution in [0.25, 0.3) is 10.9 Å². The molecule has 0 aliphatic carbocycles. The zero-order valence-corrected chi connectivity index (χ0v) is 19.3. The third kappa shape index (κ3) is 5.26. The average molecular weight is 465 g/mol. The van der Waals surface area contributed by atoms with Gasteiger partial charge < -0.3 is 19.7 Å². The highest BCUT2D eigenvalue weighted by Crippen LogP contribution is 2.27. The Kier molecular flexibility index (Phi) is 7.22. The molecule has 1 aromatic heterocycles. The zero-order chi connectivity index (χ0) is 24.1. The highest BCUT2D eigenvalue weighted by Gasteiger charge is 2.22. The number of hydrogen-bond acceptors (Lipinski definition) is 7. The summed E-state index contributed by atoms with van der Waals surface area (Å²) in [5.41, 5.74) is 3.20. The normalized spacial score (nSPS) is 14.6. The van der Waals surface area contributed by atoms with Crippen LogP contribution in [-0.4, -0.2) is 54.8 Å². The van der Waals surface area contributed by atoms with E-state index < -0.39 is 17.9 Å². The molecule has 1 atom stereocenters. The second-order valence-corrected chi connectivity index (χ2v) is 8.24. The summed E-state index contributed by atoms with van der Waals surface area (Å²) >= 11 is 0. The van der Waals surface area contributed by atoms with Gasteiger partial charge in [-0.1, -0.05) is 24.3 Å². The van der Waals surface area contributed by atoms with Gasteiger partial charge in [0.05, 0.1) is 50.0 Å². The van der Waals surface area contributed by atoms with Gasteiger partial charge in [0.25, 0.3) is 5.56 Å². The van der Waals surface area contributed by atoms with Crippen molar-refractivity contribution in [3.05, 3.63) is 70.3 Å². The third-order valence-corrected chi connectivity index (χ3v) is 5.97. The SMILES string of the molecule is COC(=O)CC(NC(=O)Cn1cnc2ccccc2c1=O)c1ccc(C)c(N2CCOCC2)c1. The fourth-order valence-electron chi connectivity index (χ4n) is 4.10. The van der Waals surface area contributed by atoms with Crippen LogP contribution in [0.15, 0.2) is 53.6 Å². The van der Waals surface area contributed by atoms with Crippen LogP contribution < -0.4 is 15.8 Å². The molecule has 0 radical (unpaired) electrons. The van der Waals surface area contributed by atoms with Gasteiger partial charge in [0.2, 0.25) is 5.91 Å². The maximum atomic E-state index is 12.9. The van der Waals surface area contributed by atoms with E-state index in [0.29, 0.717) is 24.1 Å². The summed E-state index contributed by atoms with van der Waals surface area (Å²) in [6, 6.07) is 12.3. The number of amides is 1. The molecule has 34 heavy (non-hydrogen) atoms. The summed E-state index contributed by atoms with van der Waals surface area (Å²) < 4.78 is 11.6. The van der Waals surface area contributed by atoms with Gasteiger partial charge in [-0.2, -0.15) is 0 Å². The molecule has 9 nitrogen and oxygen atoms in total. The van der Waals surface area contributed by atoms with E-state index in [1.807, 2.05) is 25.1 Å². The molecule has 1 aliphatic rings. The van der Waals surface area contributed by atoms with Crippen molar-refractivity contribution < 1.29 is 19.1 Å². The quantitative estimate of drug-likeness (QED) is 0.533. The van der Waals surface area contributed by atoms with Crippen LogP contribution in [0.1, 0.15) is 23.6 Å². The number of ether oxygens (including phenoxy) is 2. The number of morpholine rings is 1. The van der Waals surface area contributed by atoms with Crippen LogP contribution in [0.2, 0.25) is 0 Å². The standard InChI is InChI=1S/C25H28N4O5/c1-17-7-8-18(13-22(17)28-9-11-34-12-10-28)21(14-24(31)33-2)27-23(30)15-29-16-26-20-6-4-3-5-19(20)25(29)32/h3-8,13,16,21H,9-12,14-15H2,1-2H3,(H,27,30). The van der Waals surface area contributed by atoms with Gasteiger partial charge in [0.15, 0.2) is 0 Å². The van der Waals surface area contributed by atoms with Crippen LogP contribution in [0.4, 0.5) is 5.69 Å². The van der Waals surface area contributed by atoms with Crippen molar-refractivity contribution in [2.75, 3.05) is 38.3 Å². The van der Waals surface area contributed by atoms with Gasteiger partial charge in [-0.05, 0) is 36.2 Å². The lowest BCUT2D eigenvalue weighted by atomic mass is 10.00. The van der Waals surface area contributed by atoms with Crippen LogP contribution in [0.3, 0.4) is 0 Å². The van der Waals surface area contributed by atoms with Gasteiger partial charge in [-0.15, -0.1) is 0 Å². The smallest absolute Gasteiger partial charge is 0.307 e. The van der Waals surface area contributed by atoms with E-state index in [1.165, 1.54) is 18.0 Å². The monoisotopic (exact) mass is 464 g/mol. The molecule has 1 fully saturated rings. The molecule has 0 saturated carbocycles. The van der Waals surface area contributed by atoms with E-state index in [9.17, 15) is 14.4 Å². The maximum Gasteiger partial charge on any atom is 0.307 e. The molecule has 1 aliphatic heterocycles. The van der Waals surface area contributed by atoms with E-state index >= 15 is 0 Å². The Labute approximate surface area is 197 Å². The minimum Gasteiger partial charge on any atom is -0.469 e. The fraction of sp³-hybridized carbons (Fsp3) is 0.360. The number of esters is 1. The molecular weight excluding hydrogens is 436 g/mol. The summed E-state index contributed by atoms with van der Waals surface area (Å²) in [5, 5.41) is 3.34. The van der Waals surface area contributed by atoms with Crippen LogP contribution in [-0.2, 0) is 25.6 Å². The number of aryl methyl sites for hydroxylation is 1. The number of aromatic nitrogens is 2. The lowest BCUT2D eigenvalue weighted by molar-refractivity contribution is -0.141. The van der Waals surface area contributed by atoms with Crippen LogP contribution in [0, 0.1) is 6.92 Å². The molecule has 1 unspecified atom stereocenters. The molecule has 178 valence electrons. The minimum atomic E-state index is -0.607. The number of benzene rings is 2. The number of nitrogens with one attached hydrogen (secondary N) is 1. The number of anilines is 1. The Morgan fingerprint density at radius 1 is 1.18 bits per heavy atom. The van der Waals surface area contributed by atoms with E-state index in [1.54, 1.807) is 24.3 Å². The van der Waals surface area contributed by atoms with E-state index in [-0.39, 0.29) is 18.5 Å². The largest absolute Gasteiger partial charge is 0.469 e. The number of fused-ring (bicyclic) bond motifs is 1. The highest BCUT2D eigenvalue weighted by atomic mass is 16.5. The van der Waals surface area contributed by atoms with Crippen molar-refractivity contribution in [1.29, 1.82) is 0 Å². The third-order valence-electron chi connectivity index (χ3n) is 5.97. The summed E-state index contributed by atoms with van der Waals surface area (Å²) in [7, 11) is 1.32. The summed E-state index contributed by atoms with van der Waals surface area (Å²) in [6.45, 7) is 4.67. The first kappa shape index (κ1) is 23.4. The van der Waals surface area contributed by atoms with Crippen molar-refractivity contribution in [3.8, 4) is 0 Å². The molecule has 9 heteroatoms. The van der Waals surface area contributed by atoms with Crippen molar-refractivity contribution in [2.24, 2.45) is 0 Å². The van der Waals surface area contributed by atoms with E-state index in [4.69, 9.17) is 9.47 Å². The Balaban J connectivity index is 1.57. The van der Waals surface area contributed by atoms with Crippen molar-refractivity contribution in [3.63, 3.8) is 0 Å². The molecule has 2 aromatic carbocycles. The van der Waals surface area contributed by atoms with Crippen molar-refractivity contribution in [2.45, 2.75) is 25.9 Å². The maximum absolute atomic E-state index is 12.9. The zero-order valence-electron chi connectivity index (χ0n) is 19.3. The van der Waals surface area contributed by atoms with Gasteiger partial charge in [-0.3, -0.25) is 19.0 Å². The molecule has 1 amide bonds. The molecule has 0 bridgehead atoms. The summed E-state index contributed by atoms with van der Waals surface area (Å²) in [5.74, 6) is -0.843. The molecule has 1 N–H and O–H groups in total. The van der Waals surface area contributed by atoms with Crippen molar-refractivity contribution >= 4 is 28.5 Å². The summed E-state index contributed by atoms with van der Waals surface area (Å²) in [4.78, 5) is 44.3. The van der Waals surface area contributed by atoms with Crippen molar-refractivity contribution in [1.82, 2.24) is 14.9 Å². The first-order valence-electron chi connectivity index (χ1n) is 11.2. The molecule has 0 spiro atoms. The number of carbonyl (C=O) groups excluding carboxylic acids is 2. The molecular formula is C25H28N4O5. The Hall–Kier alpha value is -3.72. The summed E-state index contributed by atoms with van der Waals surface area (Å²) in [6.07, 6.45) is 1.33. The number of para-hydroxylation sites is 1. The Morgan fingerprint density at radius 2 is 1.94 bits per heavy atom. The number of nitrogens with zero attached hydrogens (tertiary/aromatic N) is 3. The minimum absolute atomic E-state index is 0.0290. The average Bonchev–Trinajstić information content (AvgIpc) is 2.86. The molecule has 3 aromatic rings. The van der Waals surface area contributed by atoms with Gasteiger partial charge in [0.1, 0.15) is 6.54 Å². The predicted octanol–water partition coefficient (Wildman–Crippen LogP) is 1.96. The fourth-order valence-corrected chi connectivity index (χ4v) is 4.10. The Bertz CT molecular complexity index is 1250. The number of hydrogen-bond donors (Lipinski definition) is 1. The second kappa shape index (κ2) is 10.5. The van der Waals surface area contributed by atoms with Crippen LogP contribution in [0.5, 0.6) is 0 Å². The first-order chi connectivity index (χ1) is 16.5. The molecule has 2 heterocycles. The number of rotatable bonds is 7. The van der Waals surface area contributed by atoms with E-state index in [0.717, 1.165) is 29.9 Å².